The van der Waals surface area contributed by atoms with Crippen LogP contribution >= 0.6 is 11.6 Å². The van der Waals surface area contributed by atoms with E-state index in [2.05, 4.69) is 4.98 Å². The summed E-state index contributed by atoms with van der Waals surface area (Å²) in [5, 5.41) is 0.553. The Morgan fingerprint density at radius 1 is 1.34 bits per heavy atom. The molecule has 1 aromatic carbocycles. The first-order valence-corrected chi connectivity index (χ1v) is 12.0. The summed E-state index contributed by atoms with van der Waals surface area (Å²) in [4.78, 5) is 18.1. The summed E-state index contributed by atoms with van der Waals surface area (Å²) >= 11 is 6.00. The molecule has 1 amide bonds. The van der Waals surface area contributed by atoms with Crippen molar-refractivity contribution in [2.24, 2.45) is 11.8 Å². The summed E-state index contributed by atoms with van der Waals surface area (Å²) < 4.78 is 28.0. The Bertz CT molecular complexity index is 981. The molecule has 0 aliphatic heterocycles. The van der Waals surface area contributed by atoms with Gasteiger partial charge in [-0.1, -0.05) is 37.6 Å². The number of aromatic nitrogens is 2. The number of imidazole rings is 1. The van der Waals surface area contributed by atoms with Crippen molar-refractivity contribution in [3.63, 3.8) is 0 Å². The van der Waals surface area contributed by atoms with Gasteiger partial charge >= 0.3 is 0 Å². The van der Waals surface area contributed by atoms with Gasteiger partial charge in [0.1, 0.15) is 0 Å². The molecule has 0 N–H and O–H groups in total. The number of halogens is 1. The summed E-state index contributed by atoms with van der Waals surface area (Å²) in [7, 11) is -3.66. The maximum absolute atomic E-state index is 13.1. The molecule has 3 rings (SSSR count). The van der Waals surface area contributed by atoms with Gasteiger partial charge in [0.2, 0.25) is 20.9 Å². The number of carbonyl (C=O) groups excluding carboxylic acids is 1. The number of carbonyl (C=O) groups is 1. The van der Waals surface area contributed by atoms with Gasteiger partial charge in [-0.15, -0.1) is 0 Å². The first-order chi connectivity index (χ1) is 13.7. The van der Waals surface area contributed by atoms with Gasteiger partial charge < -0.3 is 9.47 Å². The highest BCUT2D eigenvalue weighted by Crippen LogP contribution is 2.30. The fourth-order valence-corrected chi connectivity index (χ4v) is 5.05. The number of amides is 1. The van der Waals surface area contributed by atoms with Gasteiger partial charge in [0.15, 0.2) is 0 Å². The molecule has 1 aliphatic rings. The van der Waals surface area contributed by atoms with Gasteiger partial charge in [-0.25, -0.2) is 13.4 Å². The maximum Gasteiger partial charge on any atom is 0.228 e. The monoisotopic (exact) mass is 437 g/mol. The molecule has 1 saturated carbocycles. The van der Waals surface area contributed by atoms with E-state index in [9.17, 15) is 13.2 Å². The molecule has 2 aromatic rings. The predicted molar refractivity (Wildman–Crippen MR) is 113 cm³/mol. The van der Waals surface area contributed by atoms with Crippen LogP contribution in [-0.4, -0.2) is 35.3 Å². The normalized spacial score (nSPS) is 14.4. The smallest absolute Gasteiger partial charge is 0.228 e. The van der Waals surface area contributed by atoms with Crippen LogP contribution in [-0.2, 0) is 33.5 Å². The minimum atomic E-state index is -3.66. The Hall–Kier alpha value is -1.86. The molecule has 158 valence electrons. The molecular weight excluding hydrogens is 410 g/mol. The second kappa shape index (κ2) is 8.88. The van der Waals surface area contributed by atoms with Crippen molar-refractivity contribution in [2.45, 2.75) is 57.6 Å². The zero-order valence-electron chi connectivity index (χ0n) is 17.1. The van der Waals surface area contributed by atoms with Crippen molar-refractivity contribution in [1.82, 2.24) is 14.5 Å². The SMILES string of the molecule is CC(=O)N(Cc1cnc(S(=O)(=O)Cc2cccc(Cl)c2)n1CC(C)C)CC1CC1. The number of rotatable bonds is 9. The standard InChI is InChI=1S/C21H28ClN3O3S/c1-15(2)11-25-20(13-24(16(3)26)12-17-7-8-17)10-23-21(25)29(27,28)14-18-5-4-6-19(22)9-18/h4-6,9-10,15,17H,7-8,11-14H2,1-3H3. The molecule has 1 fully saturated rings. The molecule has 0 bridgehead atoms. The van der Waals surface area contributed by atoms with Gasteiger partial charge in [-0.05, 0) is 42.4 Å². The molecule has 1 aliphatic carbocycles. The zero-order chi connectivity index (χ0) is 21.2. The topological polar surface area (TPSA) is 72.3 Å². The van der Waals surface area contributed by atoms with Crippen LogP contribution in [0.4, 0.5) is 0 Å². The Labute approximate surface area is 177 Å². The molecule has 29 heavy (non-hydrogen) atoms. The van der Waals surface area contributed by atoms with E-state index in [4.69, 9.17) is 11.6 Å². The van der Waals surface area contributed by atoms with Crippen LogP contribution in [0, 0.1) is 11.8 Å². The Balaban J connectivity index is 1.90. The maximum atomic E-state index is 13.1. The van der Waals surface area contributed by atoms with E-state index >= 15 is 0 Å². The average Bonchev–Trinajstić information content (AvgIpc) is 3.34. The molecule has 0 saturated heterocycles. The van der Waals surface area contributed by atoms with Gasteiger partial charge in [0.25, 0.3) is 0 Å². The summed E-state index contributed by atoms with van der Waals surface area (Å²) in [5.74, 6) is 0.627. The first kappa shape index (κ1) is 21.8. The highest BCUT2D eigenvalue weighted by molar-refractivity contribution is 7.90. The number of sulfone groups is 1. The van der Waals surface area contributed by atoms with Crippen molar-refractivity contribution in [3.05, 3.63) is 46.7 Å². The van der Waals surface area contributed by atoms with Crippen LogP contribution in [0.5, 0.6) is 0 Å². The van der Waals surface area contributed by atoms with E-state index in [0.29, 0.717) is 36.1 Å². The third-order valence-corrected chi connectivity index (χ3v) is 6.78. The third-order valence-electron chi connectivity index (χ3n) is 4.95. The molecular formula is C21H28ClN3O3S. The van der Waals surface area contributed by atoms with Crippen LogP contribution in [0.15, 0.2) is 35.6 Å². The number of nitrogens with zero attached hydrogens (tertiary/aromatic N) is 3. The summed E-state index contributed by atoms with van der Waals surface area (Å²) in [5.41, 5.74) is 1.37. The minimum absolute atomic E-state index is 0.00229. The van der Waals surface area contributed by atoms with Crippen molar-refractivity contribution in [1.29, 1.82) is 0 Å². The molecule has 1 aromatic heterocycles. The minimum Gasteiger partial charge on any atom is -0.337 e. The average molecular weight is 438 g/mol. The van der Waals surface area contributed by atoms with E-state index in [-0.39, 0.29) is 22.7 Å². The number of hydrogen-bond acceptors (Lipinski definition) is 4. The van der Waals surface area contributed by atoms with Crippen molar-refractivity contribution in [2.75, 3.05) is 6.54 Å². The van der Waals surface area contributed by atoms with E-state index < -0.39 is 9.84 Å². The molecule has 0 unspecified atom stereocenters. The Morgan fingerprint density at radius 3 is 2.66 bits per heavy atom. The number of hydrogen-bond donors (Lipinski definition) is 0. The highest BCUT2D eigenvalue weighted by Gasteiger charge is 2.28. The molecule has 0 atom stereocenters. The predicted octanol–water partition coefficient (Wildman–Crippen LogP) is 3.92. The van der Waals surface area contributed by atoms with Crippen LogP contribution in [0.3, 0.4) is 0 Å². The summed E-state index contributed by atoms with van der Waals surface area (Å²) in [6.45, 7) is 7.23. The molecule has 6 nitrogen and oxygen atoms in total. The molecule has 0 spiro atoms. The van der Waals surface area contributed by atoms with Crippen molar-refractivity contribution < 1.29 is 13.2 Å². The van der Waals surface area contributed by atoms with Crippen LogP contribution in [0.25, 0.3) is 0 Å². The molecule has 8 heteroatoms. The Morgan fingerprint density at radius 2 is 2.07 bits per heavy atom. The van der Waals surface area contributed by atoms with Gasteiger partial charge in [0.05, 0.1) is 24.2 Å². The van der Waals surface area contributed by atoms with Crippen LogP contribution in [0.2, 0.25) is 5.02 Å². The fourth-order valence-electron chi connectivity index (χ4n) is 3.35. The van der Waals surface area contributed by atoms with E-state index in [1.807, 2.05) is 13.8 Å². The lowest BCUT2D eigenvalue weighted by atomic mass is 10.2. The van der Waals surface area contributed by atoms with E-state index in [0.717, 1.165) is 18.5 Å². The lowest BCUT2D eigenvalue weighted by molar-refractivity contribution is -0.129. The van der Waals surface area contributed by atoms with Crippen LogP contribution < -0.4 is 0 Å². The Kier molecular flexibility index (Phi) is 6.69. The van der Waals surface area contributed by atoms with Gasteiger partial charge in [0, 0.05) is 25.0 Å². The highest BCUT2D eigenvalue weighted by atomic mass is 35.5. The van der Waals surface area contributed by atoms with Gasteiger partial charge in [-0.2, -0.15) is 0 Å². The summed E-state index contributed by atoms with van der Waals surface area (Å²) in [6.07, 6.45) is 3.89. The second-order valence-electron chi connectivity index (χ2n) is 8.27. The second-order valence-corrected chi connectivity index (χ2v) is 10.6. The molecule has 1 heterocycles. The van der Waals surface area contributed by atoms with E-state index in [1.54, 1.807) is 46.9 Å². The quantitative estimate of drug-likeness (QED) is 0.595. The van der Waals surface area contributed by atoms with Crippen LogP contribution in [0.1, 0.15) is 44.9 Å². The molecule has 0 radical (unpaired) electrons. The lowest BCUT2D eigenvalue weighted by Crippen LogP contribution is -2.31. The van der Waals surface area contributed by atoms with Crippen molar-refractivity contribution in [3.8, 4) is 0 Å². The lowest BCUT2D eigenvalue weighted by Gasteiger charge is -2.22. The van der Waals surface area contributed by atoms with E-state index in [1.165, 1.54) is 0 Å². The largest absolute Gasteiger partial charge is 0.337 e. The van der Waals surface area contributed by atoms with Crippen molar-refractivity contribution >= 4 is 27.3 Å². The third kappa shape index (κ3) is 5.82. The first-order valence-electron chi connectivity index (χ1n) is 9.93. The van der Waals surface area contributed by atoms with Gasteiger partial charge in [-0.3, -0.25) is 4.79 Å². The zero-order valence-corrected chi connectivity index (χ0v) is 18.7. The fraction of sp³-hybridized carbons (Fsp3) is 0.524. The summed E-state index contributed by atoms with van der Waals surface area (Å²) in [6, 6.07) is 6.85. The number of benzene rings is 1.